The van der Waals surface area contributed by atoms with Gasteiger partial charge in [-0.05, 0) is 49.0 Å². The number of alkyl halides is 2. The summed E-state index contributed by atoms with van der Waals surface area (Å²) < 4.78 is 26.0. The lowest BCUT2D eigenvalue weighted by Gasteiger charge is -2.17. The average molecular weight is 293 g/mol. The van der Waals surface area contributed by atoms with Gasteiger partial charge in [-0.15, -0.1) is 0 Å². The molecular formula is C18H25F2N. The Morgan fingerprint density at radius 1 is 1.00 bits per heavy atom. The first-order valence-corrected chi connectivity index (χ1v) is 6.96. The molecule has 0 saturated carbocycles. The van der Waals surface area contributed by atoms with Crippen LogP contribution in [0.25, 0.3) is 0 Å². The van der Waals surface area contributed by atoms with E-state index in [-0.39, 0.29) is 5.71 Å². The Kier molecular flexibility index (Phi) is 8.44. The maximum absolute atomic E-state index is 13.0. The molecule has 0 aromatic heterocycles. The van der Waals surface area contributed by atoms with Gasteiger partial charge >= 0.3 is 0 Å². The molecule has 1 nitrogen and oxygen atoms in total. The Morgan fingerprint density at radius 3 is 1.81 bits per heavy atom. The highest BCUT2D eigenvalue weighted by atomic mass is 19.3. The molecule has 0 bridgehead atoms. The van der Waals surface area contributed by atoms with Crippen molar-refractivity contribution in [2.45, 2.75) is 40.0 Å². The van der Waals surface area contributed by atoms with Crippen molar-refractivity contribution in [3.63, 3.8) is 0 Å². The van der Waals surface area contributed by atoms with E-state index < -0.39 is 6.43 Å². The van der Waals surface area contributed by atoms with Crippen LogP contribution in [-0.4, -0.2) is 19.2 Å². The molecule has 116 valence electrons. The normalized spacial score (nSPS) is 13.6. The molecule has 21 heavy (non-hydrogen) atoms. The summed E-state index contributed by atoms with van der Waals surface area (Å²) in [7, 11) is 1.36. The molecule has 0 atom stereocenters. The molecule has 0 saturated heterocycles. The Bertz CT molecular complexity index is 505. The van der Waals surface area contributed by atoms with Crippen molar-refractivity contribution in [1.82, 2.24) is 0 Å². The first-order chi connectivity index (χ1) is 9.83. The van der Waals surface area contributed by atoms with E-state index in [1.165, 1.54) is 7.05 Å². The Morgan fingerprint density at radius 2 is 1.48 bits per heavy atom. The minimum absolute atomic E-state index is 0.230. The average Bonchev–Trinajstić information content (AvgIpc) is 2.44. The van der Waals surface area contributed by atoms with Gasteiger partial charge in [0.05, 0.1) is 0 Å². The number of hydrogen-bond donors (Lipinski definition) is 0. The lowest BCUT2D eigenvalue weighted by atomic mass is 9.90. The SMILES string of the molecule is C=C(CC(=C)/C(=C/C)C(=C)CC)C(=C/C)/C(=N\C)C(F)F. The topological polar surface area (TPSA) is 12.4 Å². The highest BCUT2D eigenvalue weighted by Crippen LogP contribution is 2.28. The molecule has 0 heterocycles. The molecule has 0 N–H and O–H groups in total. The van der Waals surface area contributed by atoms with Crippen molar-refractivity contribution < 1.29 is 8.78 Å². The molecule has 0 radical (unpaired) electrons. The second-order valence-corrected chi connectivity index (χ2v) is 4.66. The van der Waals surface area contributed by atoms with Crippen LogP contribution in [0.1, 0.15) is 33.6 Å². The van der Waals surface area contributed by atoms with Crippen molar-refractivity contribution in [3.8, 4) is 0 Å². The number of hydrogen-bond acceptors (Lipinski definition) is 1. The van der Waals surface area contributed by atoms with Crippen molar-refractivity contribution in [2.75, 3.05) is 7.05 Å². The summed E-state index contributed by atoms with van der Waals surface area (Å²) in [6.45, 7) is 17.6. The fourth-order valence-electron chi connectivity index (χ4n) is 2.17. The van der Waals surface area contributed by atoms with Crippen LogP contribution in [0.5, 0.6) is 0 Å². The maximum atomic E-state index is 13.0. The molecule has 0 aliphatic heterocycles. The van der Waals surface area contributed by atoms with Crippen LogP contribution < -0.4 is 0 Å². The minimum Gasteiger partial charge on any atom is -0.286 e. The van der Waals surface area contributed by atoms with E-state index in [1.807, 2.05) is 19.9 Å². The Balaban J connectivity index is 5.21. The van der Waals surface area contributed by atoms with Gasteiger partial charge in [-0.25, -0.2) is 8.78 Å². The number of aliphatic imine (C=N–C) groups is 1. The van der Waals surface area contributed by atoms with Crippen LogP contribution >= 0.6 is 0 Å². The summed E-state index contributed by atoms with van der Waals surface area (Å²) in [5.41, 5.74) is 3.54. The van der Waals surface area contributed by atoms with Gasteiger partial charge in [-0.2, -0.15) is 0 Å². The molecule has 0 amide bonds. The van der Waals surface area contributed by atoms with Gasteiger partial charge in [-0.3, -0.25) is 4.99 Å². The number of nitrogens with zero attached hydrogens (tertiary/aromatic N) is 1. The molecule has 0 unspecified atom stereocenters. The zero-order valence-electron chi connectivity index (χ0n) is 13.5. The predicted molar refractivity (Wildman–Crippen MR) is 89.2 cm³/mol. The largest absolute Gasteiger partial charge is 0.286 e. The lowest BCUT2D eigenvalue weighted by Crippen LogP contribution is -2.15. The van der Waals surface area contributed by atoms with E-state index in [1.54, 1.807) is 13.0 Å². The van der Waals surface area contributed by atoms with Crippen molar-refractivity contribution in [1.29, 1.82) is 0 Å². The molecule has 0 aromatic carbocycles. The highest BCUT2D eigenvalue weighted by Gasteiger charge is 2.19. The van der Waals surface area contributed by atoms with Crippen LogP contribution in [0.15, 0.2) is 64.7 Å². The quantitative estimate of drug-likeness (QED) is 0.403. The first kappa shape index (κ1) is 19.2. The van der Waals surface area contributed by atoms with Crippen LogP contribution in [0.3, 0.4) is 0 Å². The summed E-state index contributed by atoms with van der Waals surface area (Å²) in [5, 5.41) is 0. The fraction of sp³-hybridized carbons (Fsp3) is 0.389. The molecule has 0 rings (SSSR count). The van der Waals surface area contributed by atoms with E-state index in [2.05, 4.69) is 24.7 Å². The van der Waals surface area contributed by atoms with Gasteiger partial charge in [0, 0.05) is 12.6 Å². The summed E-state index contributed by atoms with van der Waals surface area (Å²) in [6.07, 6.45) is 2.19. The Labute approximate surface area is 127 Å². The van der Waals surface area contributed by atoms with E-state index >= 15 is 0 Å². The fourth-order valence-corrected chi connectivity index (χ4v) is 2.17. The van der Waals surface area contributed by atoms with Crippen LogP contribution in [0, 0.1) is 0 Å². The molecule has 0 fully saturated rings. The highest BCUT2D eigenvalue weighted by molar-refractivity contribution is 6.05. The third kappa shape index (κ3) is 5.25. The predicted octanol–water partition coefficient (Wildman–Crippen LogP) is 5.68. The first-order valence-electron chi connectivity index (χ1n) is 6.96. The van der Waals surface area contributed by atoms with Gasteiger partial charge in [-0.1, -0.05) is 38.8 Å². The van der Waals surface area contributed by atoms with E-state index in [0.717, 1.165) is 23.1 Å². The van der Waals surface area contributed by atoms with Crippen molar-refractivity contribution in [3.05, 3.63) is 59.8 Å². The summed E-state index contributed by atoms with van der Waals surface area (Å²) in [4.78, 5) is 3.68. The monoisotopic (exact) mass is 293 g/mol. The second-order valence-electron chi connectivity index (χ2n) is 4.66. The van der Waals surface area contributed by atoms with Gasteiger partial charge in [0.1, 0.15) is 5.71 Å². The van der Waals surface area contributed by atoms with E-state index in [0.29, 0.717) is 17.6 Å². The number of rotatable bonds is 8. The second kappa shape index (κ2) is 9.22. The number of halogens is 2. The maximum Gasteiger partial charge on any atom is 0.280 e. The van der Waals surface area contributed by atoms with Crippen molar-refractivity contribution >= 4 is 5.71 Å². The lowest BCUT2D eigenvalue weighted by molar-refractivity contribution is 0.226. The van der Waals surface area contributed by atoms with Crippen LogP contribution in [0.2, 0.25) is 0 Å². The standard InChI is InChI=1S/C18H25F2N/c1-8-12(4)15(9-2)13(5)11-14(6)16(10-3)17(21-7)18(19)20/h9-10,18H,4-6,8,11H2,1-3,7H3/b15-9+,16-10-,21-17+. The van der Waals surface area contributed by atoms with Gasteiger partial charge in [0.15, 0.2) is 0 Å². The van der Waals surface area contributed by atoms with Crippen LogP contribution in [-0.2, 0) is 0 Å². The minimum atomic E-state index is -2.61. The van der Waals surface area contributed by atoms with Gasteiger partial charge in [0.2, 0.25) is 0 Å². The van der Waals surface area contributed by atoms with Gasteiger partial charge in [0.25, 0.3) is 6.43 Å². The summed E-state index contributed by atoms with van der Waals surface area (Å²) >= 11 is 0. The zero-order chi connectivity index (χ0) is 16.6. The van der Waals surface area contributed by atoms with Crippen molar-refractivity contribution in [2.24, 2.45) is 4.99 Å². The van der Waals surface area contributed by atoms with Crippen LogP contribution in [0.4, 0.5) is 8.78 Å². The molecule has 3 heteroatoms. The zero-order valence-corrected chi connectivity index (χ0v) is 13.5. The smallest absolute Gasteiger partial charge is 0.280 e. The molecule has 0 aromatic rings. The summed E-state index contributed by atoms with van der Waals surface area (Å²) in [6, 6.07) is 0. The number of allylic oxidation sites excluding steroid dienone is 7. The third-order valence-electron chi connectivity index (χ3n) is 3.30. The molecule has 0 aliphatic rings. The third-order valence-corrected chi connectivity index (χ3v) is 3.30. The van der Waals surface area contributed by atoms with E-state index in [4.69, 9.17) is 0 Å². The Hall–Kier alpha value is -1.77. The van der Waals surface area contributed by atoms with Gasteiger partial charge < -0.3 is 0 Å². The summed E-state index contributed by atoms with van der Waals surface area (Å²) in [5.74, 6) is 0. The molecule has 0 spiro atoms. The molecule has 0 aliphatic carbocycles. The molecular weight excluding hydrogens is 268 g/mol. The van der Waals surface area contributed by atoms with E-state index in [9.17, 15) is 8.78 Å².